The molecule has 4 saturated carbocycles. The zero-order chi connectivity index (χ0) is 21.7. The summed E-state index contributed by atoms with van der Waals surface area (Å²) in [5.74, 6) is 4.81. The first-order valence-corrected chi connectivity index (χ1v) is 13.2. The van der Waals surface area contributed by atoms with Gasteiger partial charge in [-0.2, -0.15) is 0 Å². The van der Waals surface area contributed by atoms with Crippen molar-refractivity contribution in [3.05, 3.63) is 0 Å². The van der Waals surface area contributed by atoms with Gasteiger partial charge in [0.25, 0.3) is 0 Å². The molecule has 0 unspecified atom stereocenters. The minimum atomic E-state index is -0.582. The standard InChI is InChI=1S/C27H41NO3/c1-15-4-7-25-27(3,31)21-6-5-17-18(20(21)14-28(25)13-15)11-22-19(17)12-24(30)23-10-16(29)8-9-26(22,23)2/h15,17-23,25,31H,4-14H2,1-3H3/t15-,17+,18+,19+,20+,21-,22-,23+,25-,26+,27-/m0/s1. The number of Topliss-reactive ketones (excluding diaryl/α,β-unsaturated/α-hetero) is 2. The Morgan fingerprint density at radius 2 is 1.71 bits per heavy atom. The summed E-state index contributed by atoms with van der Waals surface area (Å²) in [6, 6.07) is 0.331. The van der Waals surface area contributed by atoms with Crippen molar-refractivity contribution in [2.75, 3.05) is 13.1 Å². The van der Waals surface area contributed by atoms with Crippen molar-refractivity contribution in [2.24, 2.45) is 52.8 Å². The van der Waals surface area contributed by atoms with Gasteiger partial charge in [0.1, 0.15) is 11.6 Å². The molecule has 6 aliphatic rings. The lowest BCUT2D eigenvalue weighted by atomic mass is 9.52. The summed E-state index contributed by atoms with van der Waals surface area (Å²) in [5, 5.41) is 11.8. The number of rotatable bonds is 0. The molecule has 11 atom stereocenters. The highest BCUT2D eigenvalue weighted by atomic mass is 16.3. The van der Waals surface area contributed by atoms with E-state index in [1.54, 1.807) is 0 Å². The van der Waals surface area contributed by atoms with Gasteiger partial charge in [0, 0.05) is 44.3 Å². The van der Waals surface area contributed by atoms with Gasteiger partial charge in [-0.15, -0.1) is 0 Å². The van der Waals surface area contributed by atoms with Crippen LogP contribution in [0.2, 0.25) is 0 Å². The summed E-state index contributed by atoms with van der Waals surface area (Å²) in [6.07, 6.45) is 8.75. The van der Waals surface area contributed by atoms with E-state index in [0.29, 0.717) is 66.0 Å². The van der Waals surface area contributed by atoms with Gasteiger partial charge >= 0.3 is 0 Å². The maximum atomic E-state index is 13.2. The molecule has 6 rings (SSSR count). The van der Waals surface area contributed by atoms with E-state index in [1.165, 1.54) is 19.3 Å². The van der Waals surface area contributed by atoms with Crippen LogP contribution in [-0.4, -0.2) is 46.3 Å². The fourth-order valence-corrected chi connectivity index (χ4v) is 10.2. The van der Waals surface area contributed by atoms with Crippen LogP contribution in [0.25, 0.3) is 0 Å². The third kappa shape index (κ3) is 2.86. The van der Waals surface area contributed by atoms with Crippen LogP contribution in [0, 0.1) is 52.8 Å². The van der Waals surface area contributed by atoms with E-state index in [4.69, 9.17) is 0 Å². The Morgan fingerprint density at radius 3 is 2.52 bits per heavy atom. The molecule has 0 spiro atoms. The fourth-order valence-electron chi connectivity index (χ4n) is 10.2. The van der Waals surface area contributed by atoms with Crippen LogP contribution in [-0.2, 0) is 9.59 Å². The number of nitrogens with zero attached hydrogens (tertiary/aromatic N) is 1. The Morgan fingerprint density at radius 1 is 0.903 bits per heavy atom. The Labute approximate surface area is 187 Å². The molecule has 172 valence electrons. The number of carbonyl (C=O) groups excluding carboxylic acids is 2. The second-order valence-electron chi connectivity index (χ2n) is 13.0. The van der Waals surface area contributed by atoms with Gasteiger partial charge in [0.05, 0.1) is 5.60 Å². The van der Waals surface area contributed by atoms with Crippen LogP contribution in [0.5, 0.6) is 0 Å². The van der Waals surface area contributed by atoms with E-state index in [2.05, 4.69) is 25.7 Å². The molecule has 2 aliphatic heterocycles. The van der Waals surface area contributed by atoms with Crippen molar-refractivity contribution in [1.82, 2.24) is 4.90 Å². The molecule has 0 radical (unpaired) electrons. The number of fused-ring (bicyclic) bond motifs is 8. The number of aliphatic hydroxyl groups is 1. The highest BCUT2D eigenvalue weighted by Crippen LogP contribution is 2.66. The largest absolute Gasteiger partial charge is 0.388 e. The summed E-state index contributed by atoms with van der Waals surface area (Å²) in [4.78, 5) is 28.0. The number of hydrogen-bond donors (Lipinski definition) is 1. The summed E-state index contributed by atoms with van der Waals surface area (Å²) >= 11 is 0. The third-order valence-electron chi connectivity index (χ3n) is 11.7. The Kier molecular flexibility index (Phi) is 4.63. The molecular formula is C27H41NO3. The van der Waals surface area contributed by atoms with Crippen molar-refractivity contribution >= 4 is 11.6 Å². The fraction of sp³-hybridized carbons (Fsp3) is 0.926. The average Bonchev–Trinajstić information content (AvgIpc) is 3.09. The monoisotopic (exact) mass is 427 g/mol. The van der Waals surface area contributed by atoms with Crippen molar-refractivity contribution < 1.29 is 14.7 Å². The molecule has 2 saturated heterocycles. The summed E-state index contributed by atoms with van der Waals surface area (Å²) in [6.45, 7) is 9.15. The number of hydrogen-bond acceptors (Lipinski definition) is 4. The van der Waals surface area contributed by atoms with E-state index < -0.39 is 5.60 Å². The third-order valence-corrected chi connectivity index (χ3v) is 11.7. The molecule has 0 aromatic heterocycles. The maximum absolute atomic E-state index is 13.2. The lowest BCUT2D eigenvalue weighted by molar-refractivity contribution is -0.175. The maximum Gasteiger partial charge on any atom is 0.137 e. The Bertz CT molecular complexity index is 791. The average molecular weight is 428 g/mol. The van der Waals surface area contributed by atoms with Gasteiger partial charge < -0.3 is 5.11 Å². The Balaban J connectivity index is 1.31. The first-order valence-electron chi connectivity index (χ1n) is 13.2. The van der Waals surface area contributed by atoms with Gasteiger partial charge in [-0.1, -0.05) is 13.8 Å². The highest BCUT2D eigenvalue weighted by Gasteiger charge is 2.64. The highest BCUT2D eigenvalue weighted by molar-refractivity contribution is 5.90. The zero-order valence-corrected chi connectivity index (χ0v) is 19.7. The molecule has 0 aromatic carbocycles. The summed E-state index contributed by atoms with van der Waals surface area (Å²) < 4.78 is 0. The van der Waals surface area contributed by atoms with Crippen LogP contribution < -0.4 is 0 Å². The first kappa shape index (κ1) is 20.8. The second-order valence-corrected chi connectivity index (χ2v) is 13.0. The van der Waals surface area contributed by atoms with Gasteiger partial charge in [-0.3, -0.25) is 14.5 Å². The molecule has 4 nitrogen and oxygen atoms in total. The number of ketones is 2. The first-order chi connectivity index (χ1) is 14.7. The van der Waals surface area contributed by atoms with Gasteiger partial charge in [-0.25, -0.2) is 0 Å². The Hall–Kier alpha value is -0.740. The predicted molar refractivity (Wildman–Crippen MR) is 119 cm³/mol. The van der Waals surface area contributed by atoms with E-state index in [9.17, 15) is 14.7 Å². The van der Waals surface area contributed by atoms with E-state index in [-0.39, 0.29) is 11.3 Å². The van der Waals surface area contributed by atoms with Crippen molar-refractivity contribution in [1.29, 1.82) is 0 Å². The SMILES string of the molecule is C[C@H]1CC[C@@H]2N(C1)C[C@@H]1[C@@H]3C[C@H]4[C@H](CC(=O)[C@H]5CC(=O)CC[C@@]54C)[C@@H]3CC[C@@H]1[C@]2(C)O. The molecule has 2 heterocycles. The molecule has 1 N–H and O–H groups in total. The lowest BCUT2D eigenvalue weighted by Crippen LogP contribution is -2.67. The number of piperidine rings is 2. The van der Waals surface area contributed by atoms with Crippen LogP contribution in [0.1, 0.15) is 78.6 Å². The normalized spacial score (nSPS) is 56.8. The second kappa shape index (κ2) is 6.88. The van der Waals surface area contributed by atoms with Crippen LogP contribution >= 0.6 is 0 Å². The molecule has 0 amide bonds. The van der Waals surface area contributed by atoms with E-state index in [0.717, 1.165) is 44.7 Å². The smallest absolute Gasteiger partial charge is 0.137 e. The summed E-state index contributed by atoms with van der Waals surface area (Å²) in [5.41, 5.74) is -0.554. The van der Waals surface area contributed by atoms with E-state index >= 15 is 0 Å². The van der Waals surface area contributed by atoms with Gasteiger partial charge in [-0.05, 0) is 92.3 Å². The quantitative estimate of drug-likeness (QED) is 0.632. The predicted octanol–water partition coefficient (Wildman–Crippen LogP) is 4.09. The number of carbonyl (C=O) groups is 2. The van der Waals surface area contributed by atoms with Crippen molar-refractivity contribution in [3.63, 3.8) is 0 Å². The van der Waals surface area contributed by atoms with Crippen LogP contribution in [0.15, 0.2) is 0 Å². The van der Waals surface area contributed by atoms with E-state index in [1.807, 2.05) is 0 Å². The molecule has 31 heavy (non-hydrogen) atoms. The molecule has 6 fully saturated rings. The van der Waals surface area contributed by atoms with Gasteiger partial charge in [0.15, 0.2) is 0 Å². The lowest BCUT2D eigenvalue weighted by Gasteiger charge is -2.59. The molecular weight excluding hydrogens is 386 g/mol. The summed E-state index contributed by atoms with van der Waals surface area (Å²) in [7, 11) is 0. The van der Waals surface area contributed by atoms with Crippen molar-refractivity contribution in [3.8, 4) is 0 Å². The van der Waals surface area contributed by atoms with Crippen LogP contribution in [0.3, 0.4) is 0 Å². The molecule has 4 heteroatoms. The molecule has 0 bridgehead atoms. The molecule has 4 aliphatic carbocycles. The molecule has 0 aromatic rings. The van der Waals surface area contributed by atoms with Gasteiger partial charge in [0.2, 0.25) is 0 Å². The van der Waals surface area contributed by atoms with Crippen molar-refractivity contribution in [2.45, 2.75) is 90.2 Å². The zero-order valence-electron chi connectivity index (χ0n) is 19.7. The topological polar surface area (TPSA) is 57.6 Å². The minimum absolute atomic E-state index is 0.0206. The minimum Gasteiger partial charge on any atom is -0.388 e. The van der Waals surface area contributed by atoms with Crippen LogP contribution in [0.4, 0.5) is 0 Å².